The summed E-state index contributed by atoms with van der Waals surface area (Å²) in [5, 5.41) is 18.1. The second kappa shape index (κ2) is 5.44. The molecule has 1 aliphatic rings. The minimum absolute atomic E-state index is 0.107. The highest BCUT2D eigenvalue weighted by Crippen LogP contribution is 2.55. The first-order chi connectivity index (χ1) is 9.06. The Morgan fingerprint density at radius 1 is 1.30 bits per heavy atom. The van der Waals surface area contributed by atoms with E-state index in [2.05, 4.69) is 32.3 Å². The molecule has 1 atom stereocenters. The molecular weight excluding hydrogens is 254 g/mol. The lowest BCUT2D eigenvalue weighted by atomic mass is 9.53. The highest BCUT2D eigenvalue weighted by Gasteiger charge is 2.48. The van der Waals surface area contributed by atoms with Gasteiger partial charge in [0.2, 0.25) is 0 Å². The van der Waals surface area contributed by atoms with Crippen molar-refractivity contribution in [2.45, 2.75) is 41.0 Å². The van der Waals surface area contributed by atoms with Crippen LogP contribution in [0, 0.1) is 16.2 Å². The van der Waals surface area contributed by atoms with Gasteiger partial charge in [0.05, 0.1) is 12.1 Å². The lowest BCUT2D eigenvalue weighted by Gasteiger charge is -2.51. The molecule has 20 heavy (non-hydrogen) atoms. The summed E-state index contributed by atoms with van der Waals surface area (Å²) in [6.07, 6.45) is 9.65. The maximum Gasteiger partial charge on any atom is 0.303 e. The molecule has 0 saturated heterocycles. The predicted molar refractivity (Wildman–Crippen MR) is 79.2 cm³/mol. The first-order valence-corrected chi connectivity index (χ1v) is 6.76. The van der Waals surface area contributed by atoms with E-state index in [1.54, 1.807) is 6.08 Å². The Morgan fingerprint density at radius 3 is 2.40 bits per heavy atom. The van der Waals surface area contributed by atoms with Gasteiger partial charge in [-0.05, 0) is 23.0 Å². The van der Waals surface area contributed by atoms with Crippen LogP contribution in [-0.4, -0.2) is 16.3 Å². The van der Waals surface area contributed by atoms with Crippen molar-refractivity contribution < 1.29 is 15.1 Å². The van der Waals surface area contributed by atoms with Gasteiger partial charge in [0.1, 0.15) is 0 Å². The number of aliphatic carboxylic acids is 1. The first-order valence-electron chi connectivity index (χ1n) is 6.76. The van der Waals surface area contributed by atoms with Gasteiger partial charge >= 0.3 is 5.97 Å². The van der Waals surface area contributed by atoms with Crippen LogP contribution in [0.3, 0.4) is 0 Å². The van der Waals surface area contributed by atoms with Gasteiger partial charge < -0.3 is 5.11 Å². The van der Waals surface area contributed by atoms with Gasteiger partial charge in [0.15, 0.2) is 0 Å². The van der Waals surface area contributed by atoms with E-state index in [-0.39, 0.29) is 22.7 Å². The van der Waals surface area contributed by atoms with Crippen LogP contribution in [0.15, 0.2) is 36.1 Å². The predicted octanol–water partition coefficient (Wildman–Crippen LogP) is 3.51. The van der Waals surface area contributed by atoms with Crippen molar-refractivity contribution in [1.82, 2.24) is 5.48 Å². The molecule has 4 heteroatoms. The van der Waals surface area contributed by atoms with Crippen molar-refractivity contribution >= 4 is 5.97 Å². The number of hydrogen-bond donors (Lipinski definition) is 3. The van der Waals surface area contributed by atoms with Crippen molar-refractivity contribution in [1.29, 1.82) is 0 Å². The topological polar surface area (TPSA) is 69.6 Å². The third kappa shape index (κ3) is 2.96. The summed E-state index contributed by atoms with van der Waals surface area (Å²) in [7, 11) is 0. The molecule has 0 heterocycles. The highest BCUT2D eigenvalue weighted by atomic mass is 16.5. The van der Waals surface area contributed by atoms with E-state index < -0.39 is 5.97 Å². The fourth-order valence-electron chi connectivity index (χ4n) is 2.55. The Kier molecular flexibility index (Phi) is 4.49. The number of carbonyl (C=O) groups is 1. The Morgan fingerprint density at radius 2 is 1.90 bits per heavy atom. The summed E-state index contributed by atoms with van der Waals surface area (Å²) >= 11 is 0. The van der Waals surface area contributed by atoms with Gasteiger partial charge in [-0.3, -0.25) is 15.5 Å². The van der Waals surface area contributed by atoms with Gasteiger partial charge in [-0.1, -0.05) is 52.8 Å². The molecule has 0 saturated carbocycles. The van der Waals surface area contributed by atoms with Crippen LogP contribution in [0.2, 0.25) is 0 Å². The Hall–Kier alpha value is -1.55. The quantitative estimate of drug-likeness (QED) is 0.674. The van der Waals surface area contributed by atoms with Crippen molar-refractivity contribution in [2.75, 3.05) is 0 Å². The molecule has 0 aromatic heterocycles. The van der Waals surface area contributed by atoms with Crippen molar-refractivity contribution in [3.05, 3.63) is 36.1 Å². The average Bonchev–Trinajstić information content (AvgIpc) is 2.50. The second-order valence-corrected chi connectivity index (χ2v) is 6.79. The molecule has 3 N–H and O–H groups in total. The smallest absolute Gasteiger partial charge is 0.303 e. The van der Waals surface area contributed by atoms with Crippen molar-refractivity contribution in [3.8, 4) is 0 Å². The summed E-state index contributed by atoms with van der Waals surface area (Å²) in [5.74, 6) is -0.788. The molecule has 0 amide bonds. The number of nitrogens with one attached hydrogen (secondary N) is 1. The first kappa shape index (κ1) is 16.5. The number of hydroxylamine groups is 1. The zero-order valence-corrected chi connectivity index (χ0v) is 12.9. The van der Waals surface area contributed by atoms with E-state index in [4.69, 9.17) is 10.3 Å². The van der Waals surface area contributed by atoms with Crippen LogP contribution >= 0.6 is 0 Å². The van der Waals surface area contributed by atoms with E-state index >= 15 is 0 Å². The fourth-order valence-corrected chi connectivity index (χ4v) is 2.55. The monoisotopic (exact) mass is 279 g/mol. The lowest BCUT2D eigenvalue weighted by molar-refractivity contribution is -0.142. The van der Waals surface area contributed by atoms with Crippen LogP contribution < -0.4 is 5.48 Å². The van der Waals surface area contributed by atoms with Gasteiger partial charge in [0.25, 0.3) is 0 Å². The molecule has 0 spiro atoms. The summed E-state index contributed by atoms with van der Waals surface area (Å²) < 4.78 is 0. The Balaban J connectivity index is 3.17. The molecule has 112 valence electrons. The molecule has 0 aromatic carbocycles. The molecular formula is C16H25NO3. The summed E-state index contributed by atoms with van der Waals surface area (Å²) in [6.45, 7) is 10.2. The van der Waals surface area contributed by atoms with Crippen LogP contribution in [0.25, 0.3) is 0 Å². The number of carboxylic acids is 1. The van der Waals surface area contributed by atoms with Gasteiger partial charge in [-0.15, -0.1) is 0 Å². The van der Waals surface area contributed by atoms with Crippen LogP contribution in [0.5, 0.6) is 0 Å². The SMILES string of the molecule is CC1(C(C)(C)C(C)(C)CC(=O)O)C=CC=C(NO)C=C1. The van der Waals surface area contributed by atoms with E-state index in [1.807, 2.05) is 32.1 Å². The summed E-state index contributed by atoms with van der Waals surface area (Å²) in [5.41, 5.74) is 1.75. The van der Waals surface area contributed by atoms with Gasteiger partial charge in [0, 0.05) is 5.41 Å². The van der Waals surface area contributed by atoms with E-state index in [9.17, 15) is 4.79 Å². The molecule has 0 radical (unpaired) electrons. The third-order valence-corrected chi connectivity index (χ3v) is 5.09. The number of hydrogen-bond acceptors (Lipinski definition) is 3. The van der Waals surface area contributed by atoms with Crippen LogP contribution in [0.1, 0.15) is 41.0 Å². The molecule has 0 fully saturated rings. The molecule has 1 aliphatic carbocycles. The standard InChI is InChI=1S/C16H25NO3/c1-14(2,11-13(18)19)15(3,4)16(5)9-6-7-12(17-20)8-10-16/h6-10,17,20H,11H2,1-5H3,(H,18,19). The van der Waals surface area contributed by atoms with E-state index in [0.29, 0.717) is 5.70 Å². The maximum absolute atomic E-state index is 11.1. The zero-order valence-electron chi connectivity index (χ0n) is 12.9. The minimum Gasteiger partial charge on any atom is -0.481 e. The molecule has 1 rings (SSSR count). The largest absolute Gasteiger partial charge is 0.481 e. The van der Waals surface area contributed by atoms with Crippen LogP contribution in [-0.2, 0) is 4.79 Å². The molecule has 0 bridgehead atoms. The average molecular weight is 279 g/mol. The number of allylic oxidation sites excluding steroid dienone is 5. The van der Waals surface area contributed by atoms with Crippen molar-refractivity contribution in [3.63, 3.8) is 0 Å². The maximum atomic E-state index is 11.1. The normalized spacial score (nSPS) is 23.2. The number of rotatable bonds is 5. The summed E-state index contributed by atoms with van der Waals surface area (Å²) in [6, 6.07) is 0. The van der Waals surface area contributed by atoms with E-state index in [1.165, 1.54) is 0 Å². The Bertz CT molecular complexity index is 472. The van der Waals surface area contributed by atoms with E-state index in [0.717, 1.165) is 0 Å². The molecule has 0 aliphatic heterocycles. The minimum atomic E-state index is -0.788. The number of carboxylic acid groups (broad SMARTS) is 1. The van der Waals surface area contributed by atoms with Crippen LogP contribution in [0.4, 0.5) is 0 Å². The fraction of sp³-hybridized carbons (Fsp3) is 0.562. The molecule has 0 aromatic rings. The van der Waals surface area contributed by atoms with Gasteiger partial charge in [-0.2, -0.15) is 0 Å². The third-order valence-electron chi connectivity index (χ3n) is 5.09. The summed E-state index contributed by atoms with van der Waals surface area (Å²) in [4.78, 5) is 11.1. The second-order valence-electron chi connectivity index (χ2n) is 6.79. The van der Waals surface area contributed by atoms with Gasteiger partial charge in [-0.25, -0.2) is 0 Å². The molecule has 1 unspecified atom stereocenters. The van der Waals surface area contributed by atoms with Crippen molar-refractivity contribution in [2.24, 2.45) is 16.2 Å². The lowest BCUT2D eigenvalue weighted by Crippen LogP contribution is -2.45. The molecule has 4 nitrogen and oxygen atoms in total. The zero-order chi connectivity index (χ0) is 15.6. The highest BCUT2D eigenvalue weighted by molar-refractivity contribution is 5.67. The Labute approximate surface area is 120 Å².